The van der Waals surface area contributed by atoms with Gasteiger partial charge in [-0.05, 0) is 44.5 Å². The first-order valence-corrected chi connectivity index (χ1v) is 8.03. The van der Waals surface area contributed by atoms with Gasteiger partial charge < -0.3 is 15.8 Å². The molecule has 1 aliphatic heterocycles. The Kier molecular flexibility index (Phi) is 6.36. The molecule has 0 bridgehead atoms. The first-order valence-electron chi connectivity index (χ1n) is 8.03. The number of nitrogens with zero attached hydrogens (tertiary/aromatic N) is 1. The summed E-state index contributed by atoms with van der Waals surface area (Å²) in [4.78, 5) is 14.3. The smallest absolute Gasteiger partial charge is 0.251 e. The van der Waals surface area contributed by atoms with E-state index in [1.807, 2.05) is 24.3 Å². The number of carbonyl (C=O) groups excluding carboxylic acids is 1. The molecule has 0 spiro atoms. The molecule has 5 heteroatoms. The van der Waals surface area contributed by atoms with Crippen molar-refractivity contribution >= 4 is 5.91 Å². The minimum absolute atomic E-state index is 0.0337. The topological polar surface area (TPSA) is 67.6 Å². The Morgan fingerprint density at radius 2 is 1.91 bits per heavy atom. The van der Waals surface area contributed by atoms with Crippen molar-refractivity contribution in [2.45, 2.75) is 39.0 Å². The van der Waals surface area contributed by atoms with Gasteiger partial charge in [-0.3, -0.25) is 9.69 Å². The van der Waals surface area contributed by atoms with Crippen LogP contribution in [0.25, 0.3) is 0 Å². The number of ether oxygens (including phenoxy) is 1. The maximum absolute atomic E-state index is 11.9. The van der Waals surface area contributed by atoms with Crippen LogP contribution in [0.15, 0.2) is 24.3 Å². The Morgan fingerprint density at radius 1 is 1.27 bits per heavy atom. The molecule has 1 heterocycles. The van der Waals surface area contributed by atoms with E-state index < -0.39 is 0 Å². The zero-order valence-corrected chi connectivity index (χ0v) is 13.5. The Morgan fingerprint density at radius 3 is 2.50 bits per heavy atom. The molecule has 1 aliphatic rings. The van der Waals surface area contributed by atoms with Crippen molar-refractivity contribution in [1.29, 1.82) is 0 Å². The fourth-order valence-electron chi connectivity index (χ4n) is 2.84. The van der Waals surface area contributed by atoms with Crippen molar-refractivity contribution in [3.8, 4) is 0 Å². The average molecular weight is 305 g/mol. The van der Waals surface area contributed by atoms with Gasteiger partial charge in [0, 0.05) is 31.7 Å². The quantitative estimate of drug-likeness (QED) is 0.779. The summed E-state index contributed by atoms with van der Waals surface area (Å²) in [6.07, 6.45) is 1.35. The number of amides is 1. The molecule has 1 fully saturated rings. The van der Waals surface area contributed by atoms with Crippen LogP contribution in [0.1, 0.15) is 36.2 Å². The van der Waals surface area contributed by atoms with E-state index in [0.29, 0.717) is 18.7 Å². The molecule has 0 aliphatic carbocycles. The van der Waals surface area contributed by atoms with E-state index in [9.17, 15) is 4.79 Å². The maximum atomic E-state index is 11.9. The lowest BCUT2D eigenvalue weighted by Crippen LogP contribution is -2.44. The molecular weight excluding hydrogens is 278 g/mol. The van der Waals surface area contributed by atoms with Crippen LogP contribution in [0, 0.1) is 0 Å². The van der Waals surface area contributed by atoms with E-state index in [0.717, 1.165) is 26.1 Å². The molecule has 122 valence electrons. The maximum Gasteiger partial charge on any atom is 0.251 e. The number of carbonyl (C=O) groups is 1. The number of morpholine rings is 1. The van der Waals surface area contributed by atoms with Crippen LogP contribution in [0.2, 0.25) is 0 Å². The molecule has 0 saturated carbocycles. The van der Waals surface area contributed by atoms with Gasteiger partial charge in [0.2, 0.25) is 0 Å². The minimum Gasteiger partial charge on any atom is -0.373 e. The van der Waals surface area contributed by atoms with Crippen LogP contribution in [0.5, 0.6) is 0 Å². The van der Waals surface area contributed by atoms with Crippen molar-refractivity contribution in [3.05, 3.63) is 35.4 Å². The normalized spacial score (nSPS) is 22.5. The summed E-state index contributed by atoms with van der Waals surface area (Å²) >= 11 is 0. The molecule has 5 nitrogen and oxygen atoms in total. The SMILES string of the molecule is CC1CN(Cc2ccc(C(=O)NCCCN)cc2)CC(C)O1. The number of benzene rings is 1. The number of hydrogen-bond donors (Lipinski definition) is 2. The molecule has 22 heavy (non-hydrogen) atoms. The second-order valence-corrected chi connectivity index (χ2v) is 6.05. The monoisotopic (exact) mass is 305 g/mol. The van der Waals surface area contributed by atoms with Gasteiger partial charge in [-0.2, -0.15) is 0 Å². The van der Waals surface area contributed by atoms with Gasteiger partial charge in [0.05, 0.1) is 12.2 Å². The van der Waals surface area contributed by atoms with Crippen LogP contribution in [0.4, 0.5) is 0 Å². The summed E-state index contributed by atoms with van der Waals surface area (Å²) in [6, 6.07) is 7.84. The third-order valence-electron chi connectivity index (χ3n) is 3.78. The first kappa shape index (κ1) is 16.9. The van der Waals surface area contributed by atoms with Crippen LogP contribution < -0.4 is 11.1 Å². The van der Waals surface area contributed by atoms with E-state index >= 15 is 0 Å². The first-order chi connectivity index (χ1) is 10.6. The summed E-state index contributed by atoms with van der Waals surface area (Å²) in [5, 5.41) is 2.87. The van der Waals surface area contributed by atoms with E-state index in [-0.39, 0.29) is 18.1 Å². The summed E-state index contributed by atoms with van der Waals surface area (Å²) < 4.78 is 5.75. The highest BCUT2D eigenvalue weighted by Gasteiger charge is 2.21. The lowest BCUT2D eigenvalue weighted by atomic mass is 10.1. The Balaban J connectivity index is 1.87. The van der Waals surface area contributed by atoms with Crippen molar-refractivity contribution in [2.24, 2.45) is 5.73 Å². The molecule has 3 N–H and O–H groups in total. The van der Waals surface area contributed by atoms with E-state index in [1.54, 1.807) is 0 Å². The van der Waals surface area contributed by atoms with Crippen molar-refractivity contribution < 1.29 is 9.53 Å². The van der Waals surface area contributed by atoms with Crippen LogP contribution >= 0.6 is 0 Å². The minimum atomic E-state index is -0.0337. The van der Waals surface area contributed by atoms with Gasteiger partial charge >= 0.3 is 0 Å². The molecule has 2 unspecified atom stereocenters. The third kappa shape index (κ3) is 5.09. The summed E-state index contributed by atoms with van der Waals surface area (Å²) in [6.45, 7) is 8.23. The predicted octanol–water partition coefficient (Wildman–Crippen LogP) is 1.37. The molecule has 1 amide bonds. The molecule has 2 atom stereocenters. The van der Waals surface area contributed by atoms with E-state index in [1.165, 1.54) is 5.56 Å². The lowest BCUT2D eigenvalue weighted by molar-refractivity contribution is -0.0704. The molecule has 0 aromatic heterocycles. The summed E-state index contributed by atoms with van der Waals surface area (Å²) in [7, 11) is 0. The fourth-order valence-corrected chi connectivity index (χ4v) is 2.84. The van der Waals surface area contributed by atoms with Gasteiger partial charge in [0.15, 0.2) is 0 Å². The highest BCUT2D eigenvalue weighted by atomic mass is 16.5. The molecule has 1 aromatic rings. The number of rotatable bonds is 6. The number of nitrogens with one attached hydrogen (secondary N) is 1. The second-order valence-electron chi connectivity index (χ2n) is 6.05. The molecule has 0 radical (unpaired) electrons. The second kappa shape index (κ2) is 8.27. The number of nitrogens with two attached hydrogens (primary N) is 1. The van der Waals surface area contributed by atoms with E-state index in [4.69, 9.17) is 10.5 Å². The van der Waals surface area contributed by atoms with Crippen LogP contribution in [-0.4, -0.2) is 49.2 Å². The van der Waals surface area contributed by atoms with Crippen molar-refractivity contribution in [2.75, 3.05) is 26.2 Å². The third-order valence-corrected chi connectivity index (χ3v) is 3.78. The van der Waals surface area contributed by atoms with Gasteiger partial charge in [0.25, 0.3) is 5.91 Å². The largest absolute Gasteiger partial charge is 0.373 e. The van der Waals surface area contributed by atoms with Crippen LogP contribution in [0.3, 0.4) is 0 Å². The van der Waals surface area contributed by atoms with Crippen LogP contribution in [-0.2, 0) is 11.3 Å². The zero-order valence-electron chi connectivity index (χ0n) is 13.5. The van der Waals surface area contributed by atoms with E-state index in [2.05, 4.69) is 24.1 Å². The summed E-state index contributed by atoms with van der Waals surface area (Å²) in [5.41, 5.74) is 7.34. The highest BCUT2D eigenvalue weighted by molar-refractivity contribution is 5.94. The average Bonchev–Trinajstić information content (AvgIpc) is 2.47. The Labute approximate surface area is 132 Å². The van der Waals surface area contributed by atoms with Gasteiger partial charge in [-0.25, -0.2) is 0 Å². The Bertz CT molecular complexity index is 465. The van der Waals surface area contributed by atoms with Gasteiger partial charge in [0.1, 0.15) is 0 Å². The summed E-state index contributed by atoms with van der Waals surface area (Å²) in [5.74, 6) is -0.0337. The van der Waals surface area contributed by atoms with Gasteiger partial charge in [-0.1, -0.05) is 12.1 Å². The zero-order chi connectivity index (χ0) is 15.9. The fraction of sp³-hybridized carbons (Fsp3) is 0.588. The van der Waals surface area contributed by atoms with Crippen molar-refractivity contribution in [3.63, 3.8) is 0 Å². The predicted molar refractivity (Wildman–Crippen MR) is 87.7 cm³/mol. The number of hydrogen-bond acceptors (Lipinski definition) is 4. The van der Waals surface area contributed by atoms with Gasteiger partial charge in [-0.15, -0.1) is 0 Å². The molecule has 2 rings (SSSR count). The molecule has 1 aromatic carbocycles. The van der Waals surface area contributed by atoms with Crippen molar-refractivity contribution in [1.82, 2.24) is 10.2 Å². The lowest BCUT2D eigenvalue weighted by Gasteiger charge is -2.35. The molecule has 1 saturated heterocycles. The molecular formula is C17H27N3O2. The highest BCUT2D eigenvalue weighted by Crippen LogP contribution is 2.14. The standard InChI is InChI=1S/C17H27N3O2/c1-13-10-20(11-14(2)22-13)12-15-4-6-16(7-5-15)17(21)19-9-3-8-18/h4-7,13-14H,3,8-12,18H2,1-2H3,(H,19,21). The Hall–Kier alpha value is -1.43.